The standard InChI is InChI=1S/C19H14F5NO4/c1-2-29-19(28)12(7-25-14-4-3-10(20)5-9(14)8-26)18(27)11-6-13(21)16(23)17(24)15(11)22/h3-7,25-26H,2,8H2,1H3/b12-7+. The topological polar surface area (TPSA) is 75.6 Å². The van der Waals surface area contributed by atoms with E-state index in [0.29, 0.717) is 0 Å². The summed E-state index contributed by atoms with van der Waals surface area (Å²) in [4.78, 5) is 24.6. The highest BCUT2D eigenvalue weighted by atomic mass is 19.2. The third-order valence-electron chi connectivity index (χ3n) is 3.70. The van der Waals surface area contributed by atoms with Crippen molar-refractivity contribution in [2.75, 3.05) is 11.9 Å². The van der Waals surface area contributed by atoms with E-state index in [4.69, 9.17) is 0 Å². The van der Waals surface area contributed by atoms with E-state index >= 15 is 0 Å². The van der Waals surface area contributed by atoms with E-state index < -0.39 is 58.6 Å². The zero-order valence-corrected chi connectivity index (χ0v) is 14.9. The number of ether oxygens (including phenoxy) is 1. The smallest absolute Gasteiger partial charge is 0.343 e. The molecule has 0 unspecified atom stereocenters. The molecule has 0 amide bonds. The summed E-state index contributed by atoms with van der Waals surface area (Å²) in [6, 6.07) is 3.29. The molecule has 2 rings (SSSR count). The molecular weight excluding hydrogens is 401 g/mol. The van der Waals surface area contributed by atoms with E-state index in [1.54, 1.807) is 0 Å². The summed E-state index contributed by atoms with van der Waals surface area (Å²) >= 11 is 0. The molecule has 0 aliphatic rings. The fourth-order valence-electron chi connectivity index (χ4n) is 2.29. The van der Waals surface area contributed by atoms with E-state index in [2.05, 4.69) is 10.1 Å². The van der Waals surface area contributed by atoms with Crippen LogP contribution in [0.4, 0.5) is 27.6 Å². The summed E-state index contributed by atoms with van der Waals surface area (Å²) in [6.07, 6.45) is 0.741. The first-order valence-corrected chi connectivity index (χ1v) is 8.12. The van der Waals surface area contributed by atoms with Gasteiger partial charge in [-0.3, -0.25) is 4.79 Å². The summed E-state index contributed by atoms with van der Waals surface area (Å²) in [6.45, 7) is 0.630. The second-order valence-corrected chi connectivity index (χ2v) is 5.56. The lowest BCUT2D eigenvalue weighted by Gasteiger charge is -2.11. The molecular formula is C19H14F5NO4. The second-order valence-electron chi connectivity index (χ2n) is 5.56. The molecule has 2 N–H and O–H groups in total. The summed E-state index contributed by atoms with van der Waals surface area (Å²) in [7, 11) is 0. The minimum atomic E-state index is -2.22. The van der Waals surface area contributed by atoms with Crippen LogP contribution in [-0.4, -0.2) is 23.5 Å². The maximum absolute atomic E-state index is 14.0. The van der Waals surface area contributed by atoms with Crippen LogP contribution >= 0.6 is 0 Å². The molecule has 2 aromatic rings. The predicted molar refractivity (Wildman–Crippen MR) is 91.3 cm³/mol. The highest BCUT2D eigenvalue weighted by Gasteiger charge is 2.28. The van der Waals surface area contributed by atoms with Crippen LogP contribution in [0.25, 0.3) is 0 Å². The Morgan fingerprint density at radius 2 is 1.76 bits per heavy atom. The van der Waals surface area contributed by atoms with Gasteiger partial charge in [0.15, 0.2) is 23.3 Å². The van der Waals surface area contributed by atoms with Crippen LogP contribution in [0.2, 0.25) is 0 Å². The third-order valence-corrected chi connectivity index (χ3v) is 3.70. The number of carbonyl (C=O) groups excluding carboxylic acids is 2. The molecule has 10 heteroatoms. The van der Waals surface area contributed by atoms with Crippen molar-refractivity contribution in [1.29, 1.82) is 0 Å². The number of esters is 1. The van der Waals surface area contributed by atoms with Gasteiger partial charge in [0.1, 0.15) is 11.4 Å². The lowest BCUT2D eigenvalue weighted by Crippen LogP contribution is -2.20. The fraction of sp³-hybridized carbons (Fsp3) is 0.158. The van der Waals surface area contributed by atoms with Crippen LogP contribution < -0.4 is 5.32 Å². The van der Waals surface area contributed by atoms with Gasteiger partial charge in [0.25, 0.3) is 0 Å². The zero-order chi connectivity index (χ0) is 21.7. The quantitative estimate of drug-likeness (QED) is 0.106. The largest absolute Gasteiger partial charge is 0.462 e. The van der Waals surface area contributed by atoms with Gasteiger partial charge in [0, 0.05) is 17.5 Å². The van der Waals surface area contributed by atoms with Crippen molar-refractivity contribution in [2.24, 2.45) is 0 Å². The number of anilines is 1. The number of ketones is 1. The summed E-state index contributed by atoms with van der Waals surface area (Å²) in [5.74, 6) is -11.6. The first-order chi connectivity index (χ1) is 13.7. The van der Waals surface area contributed by atoms with Crippen LogP contribution in [0.3, 0.4) is 0 Å². The fourth-order valence-corrected chi connectivity index (χ4v) is 2.29. The average Bonchev–Trinajstić information content (AvgIpc) is 2.70. The maximum atomic E-state index is 14.0. The minimum absolute atomic E-state index is 0.0574. The molecule has 0 aromatic heterocycles. The normalized spacial score (nSPS) is 11.3. The van der Waals surface area contributed by atoms with Crippen molar-refractivity contribution in [3.63, 3.8) is 0 Å². The molecule has 2 aromatic carbocycles. The number of aliphatic hydroxyl groups is 1. The van der Waals surface area contributed by atoms with Crippen LogP contribution in [0.15, 0.2) is 36.0 Å². The van der Waals surface area contributed by atoms with E-state index in [1.807, 2.05) is 0 Å². The van der Waals surface area contributed by atoms with Crippen LogP contribution in [-0.2, 0) is 16.1 Å². The van der Waals surface area contributed by atoms with Gasteiger partial charge in [-0.25, -0.2) is 26.7 Å². The number of carbonyl (C=O) groups is 2. The van der Waals surface area contributed by atoms with Crippen molar-refractivity contribution < 1.29 is 41.4 Å². The van der Waals surface area contributed by atoms with Gasteiger partial charge in [0.2, 0.25) is 5.78 Å². The number of nitrogens with one attached hydrogen (secondary N) is 1. The van der Waals surface area contributed by atoms with Gasteiger partial charge in [0.05, 0.1) is 18.8 Å². The molecule has 0 aliphatic heterocycles. The zero-order valence-electron chi connectivity index (χ0n) is 14.9. The Bertz CT molecular complexity index is 991. The van der Waals surface area contributed by atoms with Gasteiger partial charge in [-0.1, -0.05) is 0 Å². The van der Waals surface area contributed by atoms with E-state index in [9.17, 15) is 36.6 Å². The number of Topliss-reactive ketones (excluding diaryl/α,β-unsaturated/α-hetero) is 1. The monoisotopic (exact) mass is 415 g/mol. The summed E-state index contributed by atoms with van der Waals surface area (Å²) in [5, 5.41) is 11.7. The Labute approximate surface area is 161 Å². The molecule has 0 fully saturated rings. The Balaban J connectivity index is 2.50. The van der Waals surface area contributed by atoms with Crippen molar-refractivity contribution in [2.45, 2.75) is 13.5 Å². The number of benzene rings is 2. The van der Waals surface area contributed by atoms with Gasteiger partial charge < -0.3 is 15.2 Å². The molecule has 154 valence electrons. The van der Waals surface area contributed by atoms with Crippen molar-refractivity contribution >= 4 is 17.4 Å². The van der Waals surface area contributed by atoms with Crippen LogP contribution in [0, 0.1) is 29.1 Å². The average molecular weight is 415 g/mol. The predicted octanol–water partition coefficient (Wildman–Crippen LogP) is 3.62. The molecule has 29 heavy (non-hydrogen) atoms. The van der Waals surface area contributed by atoms with Gasteiger partial charge >= 0.3 is 5.97 Å². The van der Waals surface area contributed by atoms with E-state index in [-0.39, 0.29) is 23.9 Å². The molecule has 0 atom stereocenters. The van der Waals surface area contributed by atoms with Gasteiger partial charge in [-0.05, 0) is 31.2 Å². The van der Waals surface area contributed by atoms with Crippen LogP contribution in [0.5, 0.6) is 0 Å². The SMILES string of the molecule is CCOC(=O)/C(=C/Nc1ccc(F)cc1CO)C(=O)c1cc(F)c(F)c(F)c1F. The molecule has 0 saturated heterocycles. The maximum Gasteiger partial charge on any atom is 0.343 e. The Morgan fingerprint density at radius 1 is 1.07 bits per heavy atom. The molecule has 0 radical (unpaired) electrons. The van der Waals surface area contributed by atoms with Crippen LogP contribution in [0.1, 0.15) is 22.8 Å². The first kappa shape index (κ1) is 22.0. The molecule has 0 bridgehead atoms. The number of rotatable bonds is 7. The Morgan fingerprint density at radius 3 is 2.38 bits per heavy atom. The first-order valence-electron chi connectivity index (χ1n) is 8.12. The van der Waals surface area contributed by atoms with Gasteiger partial charge in [-0.15, -0.1) is 0 Å². The third kappa shape index (κ3) is 4.77. The number of halogens is 5. The van der Waals surface area contributed by atoms with E-state index in [0.717, 1.165) is 18.3 Å². The lowest BCUT2D eigenvalue weighted by molar-refractivity contribution is -0.138. The Hall–Kier alpha value is -3.27. The highest BCUT2D eigenvalue weighted by Crippen LogP contribution is 2.23. The summed E-state index contributed by atoms with van der Waals surface area (Å²) < 4.78 is 71.9. The Kier molecular flexibility index (Phi) is 7.05. The number of hydrogen-bond donors (Lipinski definition) is 2. The minimum Gasteiger partial charge on any atom is -0.462 e. The summed E-state index contributed by atoms with van der Waals surface area (Å²) in [5.41, 5.74) is -1.96. The van der Waals surface area contributed by atoms with Crippen molar-refractivity contribution in [3.8, 4) is 0 Å². The van der Waals surface area contributed by atoms with E-state index in [1.165, 1.54) is 13.0 Å². The second kappa shape index (κ2) is 9.28. The van der Waals surface area contributed by atoms with Gasteiger partial charge in [-0.2, -0.15) is 0 Å². The molecule has 0 aliphatic carbocycles. The highest BCUT2D eigenvalue weighted by molar-refractivity contribution is 6.24. The molecule has 0 heterocycles. The number of hydrogen-bond acceptors (Lipinski definition) is 5. The molecule has 0 saturated carbocycles. The molecule has 5 nitrogen and oxygen atoms in total. The number of aliphatic hydroxyl groups excluding tert-OH is 1. The van der Waals surface area contributed by atoms with Crippen molar-refractivity contribution in [3.05, 3.63) is 76.3 Å². The van der Waals surface area contributed by atoms with Crippen molar-refractivity contribution in [1.82, 2.24) is 0 Å². The molecule has 0 spiro atoms. The lowest BCUT2D eigenvalue weighted by atomic mass is 10.0.